The first-order valence-corrected chi connectivity index (χ1v) is 5.77. The van der Waals surface area contributed by atoms with Gasteiger partial charge in [0.25, 0.3) is 0 Å². The third kappa shape index (κ3) is 2.58. The Hall–Kier alpha value is -1.94. The van der Waals surface area contributed by atoms with Gasteiger partial charge in [0.2, 0.25) is 0 Å². The number of halogens is 2. The molecule has 1 N–H and O–H groups in total. The van der Waals surface area contributed by atoms with Crippen molar-refractivity contribution in [3.8, 4) is 5.75 Å². The van der Waals surface area contributed by atoms with E-state index in [1.54, 1.807) is 24.3 Å². The van der Waals surface area contributed by atoms with Crippen molar-refractivity contribution >= 4 is 0 Å². The van der Waals surface area contributed by atoms with E-state index in [1.165, 1.54) is 20.1 Å². The first-order chi connectivity index (χ1) is 8.95. The third-order valence-corrected chi connectivity index (χ3v) is 3.11. The van der Waals surface area contributed by atoms with E-state index in [9.17, 15) is 13.9 Å². The summed E-state index contributed by atoms with van der Waals surface area (Å²) in [4.78, 5) is 0. The van der Waals surface area contributed by atoms with E-state index in [0.717, 1.165) is 12.1 Å². The zero-order valence-corrected chi connectivity index (χ0v) is 10.7. The van der Waals surface area contributed by atoms with Crippen LogP contribution in [0.25, 0.3) is 0 Å². The van der Waals surface area contributed by atoms with Crippen molar-refractivity contribution in [2.45, 2.75) is 12.5 Å². The number of methoxy groups -OCH3 is 1. The van der Waals surface area contributed by atoms with Crippen LogP contribution in [0.5, 0.6) is 5.75 Å². The standard InChI is InChI=1S/C15H14F2O2/c1-15(18,10-4-3-5-12(8-10)19-2)11-6-7-13(16)14(17)9-11/h3-9,18H,1-2H3. The molecule has 2 aromatic carbocycles. The van der Waals surface area contributed by atoms with Crippen molar-refractivity contribution in [1.82, 2.24) is 0 Å². The van der Waals surface area contributed by atoms with Crippen molar-refractivity contribution < 1.29 is 18.6 Å². The zero-order valence-electron chi connectivity index (χ0n) is 10.7. The van der Waals surface area contributed by atoms with Gasteiger partial charge in [-0.25, -0.2) is 8.78 Å². The summed E-state index contributed by atoms with van der Waals surface area (Å²) in [5.74, 6) is -1.34. The van der Waals surface area contributed by atoms with E-state index in [-0.39, 0.29) is 5.56 Å². The van der Waals surface area contributed by atoms with Crippen molar-refractivity contribution in [3.63, 3.8) is 0 Å². The maximum atomic E-state index is 13.3. The summed E-state index contributed by atoms with van der Waals surface area (Å²) in [6, 6.07) is 10.2. The SMILES string of the molecule is COc1cccc(C(C)(O)c2ccc(F)c(F)c2)c1. The molecule has 0 aromatic heterocycles. The lowest BCUT2D eigenvalue weighted by molar-refractivity contribution is 0.101. The van der Waals surface area contributed by atoms with Gasteiger partial charge < -0.3 is 9.84 Å². The number of hydrogen-bond acceptors (Lipinski definition) is 2. The van der Waals surface area contributed by atoms with Crippen molar-refractivity contribution in [2.24, 2.45) is 0 Å². The fourth-order valence-corrected chi connectivity index (χ4v) is 1.89. The molecule has 0 bridgehead atoms. The summed E-state index contributed by atoms with van der Waals surface area (Å²) in [7, 11) is 1.52. The largest absolute Gasteiger partial charge is 0.497 e. The molecule has 4 heteroatoms. The van der Waals surface area contributed by atoms with E-state index in [2.05, 4.69) is 0 Å². The highest BCUT2D eigenvalue weighted by atomic mass is 19.2. The number of ether oxygens (including phenoxy) is 1. The van der Waals surface area contributed by atoms with Gasteiger partial charge in [0.1, 0.15) is 11.4 Å². The summed E-state index contributed by atoms with van der Waals surface area (Å²) < 4.78 is 31.3. The van der Waals surface area contributed by atoms with Gasteiger partial charge in [-0.1, -0.05) is 18.2 Å². The van der Waals surface area contributed by atoms with E-state index in [4.69, 9.17) is 4.74 Å². The quantitative estimate of drug-likeness (QED) is 0.922. The summed E-state index contributed by atoms with van der Waals surface area (Å²) in [5, 5.41) is 10.5. The Morgan fingerprint density at radius 2 is 1.68 bits per heavy atom. The maximum Gasteiger partial charge on any atom is 0.159 e. The molecule has 2 nitrogen and oxygen atoms in total. The first kappa shape index (κ1) is 13.5. The first-order valence-electron chi connectivity index (χ1n) is 5.77. The Bertz CT molecular complexity index is 594. The Kier molecular flexibility index (Phi) is 3.53. The van der Waals surface area contributed by atoms with Crippen LogP contribution >= 0.6 is 0 Å². The van der Waals surface area contributed by atoms with Crippen LogP contribution in [0.1, 0.15) is 18.1 Å². The van der Waals surface area contributed by atoms with E-state index in [0.29, 0.717) is 11.3 Å². The van der Waals surface area contributed by atoms with E-state index >= 15 is 0 Å². The molecule has 0 amide bonds. The van der Waals surface area contributed by atoms with Gasteiger partial charge in [-0.05, 0) is 42.3 Å². The summed E-state index contributed by atoms with van der Waals surface area (Å²) >= 11 is 0. The molecule has 2 rings (SSSR count). The van der Waals surface area contributed by atoms with Gasteiger partial charge in [-0.15, -0.1) is 0 Å². The molecular weight excluding hydrogens is 250 g/mol. The molecule has 0 saturated carbocycles. The minimum absolute atomic E-state index is 0.277. The molecule has 1 unspecified atom stereocenters. The molecular formula is C15H14F2O2. The Labute approximate surface area is 110 Å². The summed E-state index contributed by atoms with van der Waals surface area (Å²) in [6.07, 6.45) is 0. The molecule has 19 heavy (non-hydrogen) atoms. The molecule has 0 aliphatic carbocycles. The van der Waals surface area contributed by atoms with Crippen LogP contribution in [0, 0.1) is 11.6 Å². The number of rotatable bonds is 3. The van der Waals surface area contributed by atoms with E-state index in [1.807, 2.05) is 0 Å². The molecule has 0 fully saturated rings. The molecule has 1 atom stereocenters. The molecule has 2 aromatic rings. The molecule has 100 valence electrons. The molecule has 0 saturated heterocycles. The lowest BCUT2D eigenvalue weighted by Crippen LogP contribution is -2.23. The van der Waals surface area contributed by atoms with Gasteiger partial charge in [-0.2, -0.15) is 0 Å². The highest BCUT2D eigenvalue weighted by Gasteiger charge is 2.27. The monoisotopic (exact) mass is 264 g/mol. The second-order valence-corrected chi connectivity index (χ2v) is 4.43. The Morgan fingerprint density at radius 1 is 1.00 bits per heavy atom. The lowest BCUT2D eigenvalue weighted by atomic mass is 9.88. The highest BCUT2D eigenvalue weighted by Crippen LogP contribution is 2.31. The summed E-state index contributed by atoms with van der Waals surface area (Å²) in [6.45, 7) is 1.52. The zero-order chi connectivity index (χ0) is 14.0. The van der Waals surface area contributed by atoms with Crippen molar-refractivity contribution in [1.29, 1.82) is 0 Å². The van der Waals surface area contributed by atoms with Crippen LogP contribution in [-0.4, -0.2) is 12.2 Å². The second kappa shape index (κ2) is 4.97. The number of aliphatic hydroxyl groups is 1. The van der Waals surface area contributed by atoms with Crippen LogP contribution in [0.3, 0.4) is 0 Å². The van der Waals surface area contributed by atoms with Crippen LogP contribution in [0.4, 0.5) is 8.78 Å². The smallest absolute Gasteiger partial charge is 0.159 e. The van der Waals surface area contributed by atoms with Gasteiger partial charge in [0, 0.05) is 0 Å². The van der Waals surface area contributed by atoms with Gasteiger partial charge >= 0.3 is 0 Å². The Morgan fingerprint density at radius 3 is 2.32 bits per heavy atom. The number of hydrogen-bond donors (Lipinski definition) is 1. The van der Waals surface area contributed by atoms with E-state index < -0.39 is 17.2 Å². The average molecular weight is 264 g/mol. The van der Waals surface area contributed by atoms with Crippen molar-refractivity contribution in [3.05, 3.63) is 65.2 Å². The van der Waals surface area contributed by atoms with Crippen molar-refractivity contribution in [2.75, 3.05) is 7.11 Å². The van der Waals surface area contributed by atoms with Crippen LogP contribution < -0.4 is 4.74 Å². The predicted octanol–water partition coefficient (Wildman–Crippen LogP) is 3.23. The molecule has 0 radical (unpaired) electrons. The topological polar surface area (TPSA) is 29.5 Å². The normalized spacial score (nSPS) is 13.9. The summed E-state index contributed by atoms with van der Waals surface area (Å²) in [5.41, 5.74) is -0.610. The fraction of sp³-hybridized carbons (Fsp3) is 0.200. The second-order valence-electron chi connectivity index (χ2n) is 4.43. The minimum Gasteiger partial charge on any atom is -0.497 e. The average Bonchev–Trinajstić information content (AvgIpc) is 2.41. The molecule has 0 spiro atoms. The lowest BCUT2D eigenvalue weighted by Gasteiger charge is -2.25. The molecule has 0 aliphatic rings. The Balaban J connectivity index is 2.47. The predicted molar refractivity (Wildman–Crippen MR) is 68.0 cm³/mol. The van der Waals surface area contributed by atoms with Crippen LogP contribution in [0.15, 0.2) is 42.5 Å². The number of benzene rings is 2. The highest BCUT2D eigenvalue weighted by molar-refractivity contribution is 5.39. The molecule has 0 aliphatic heterocycles. The third-order valence-electron chi connectivity index (χ3n) is 3.11. The fourth-order valence-electron chi connectivity index (χ4n) is 1.89. The maximum absolute atomic E-state index is 13.3. The van der Waals surface area contributed by atoms with Crippen LogP contribution in [0.2, 0.25) is 0 Å². The van der Waals surface area contributed by atoms with Gasteiger partial charge in [0.15, 0.2) is 11.6 Å². The van der Waals surface area contributed by atoms with Crippen LogP contribution in [-0.2, 0) is 5.60 Å². The van der Waals surface area contributed by atoms with Gasteiger partial charge in [0.05, 0.1) is 7.11 Å². The minimum atomic E-state index is -1.43. The van der Waals surface area contributed by atoms with Gasteiger partial charge in [-0.3, -0.25) is 0 Å². The molecule has 0 heterocycles.